The average molecular weight is 256 g/mol. The summed E-state index contributed by atoms with van der Waals surface area (Å²) in [7, 11) is 0. The van der Waals surface area contributed by atoms with E-state index in [4.69, 9.17) is 5.11 Å². The number of aliphatic hydroxyl groups is 1. The standard InChI is InChI=1S/C14H12N2O3/c17-9-1-2-11-3-5-12(6-4-11)13-10-15-8-7-14(13)16(18)19/h1-8,10,17H,9H2/b2-1+. The minimum atomic E-state index is -0.420. The highest BCUT2D eigenvalue weighted by Gasteiger charge is 2.14. The molecule has 0 aliphatic carbocycles. The van der Waals surface area contributed by atoms with Gasteiger partial charge < -0.3 is 5.11 Å². The molecular weight excluding hydrogens is 244 g/mol. The van der Waals surface area contributed by atoms with E-state index in [1.165, 1.54) is 18.5 Å². The summed E-state index contributed by atoms with van der Waals surface area (Å²) in [5, 5.41) is 19.6. The molecule has 1 heterocycles. The summed E-state index contributed by atoms with van der Waals surface area (Å²) in [4.78, 5) is 14.4. The molecule has 5 heteroatoms. The van der Waals surface area contributed by atoms with Crippen LogP contribution in [0.4, 0.5) is 5.69 Å². The van der Waals surface area contributed by atoms with Gasteiger partial charge in [0.05, 0.1) is 17.1 Å². The minimum absolute atomic E-state index is 0.0180. The molecule has 2 rings (SSSR count). The molecule has 0 spiro atoms. The Morgan fingerprint density at radius 1 is 1.26 bits per heavy atom. The maximum absolute atomic E-state index is 10.9. The summed E-state index contributed by atoms with van der Waals surface area (Å²) in [5.41, 5.74) is 2.18. The van der Waals surface area contributed by atoms with Gasteiger partial charge in [-0.2, -0.15) is 0 Å². The van der Waals surface area contributed by atoms with E-state index >= 15 is 0 Å². The van der Waals surface area contributed by atoms with Crippen molar-refractivity contribution in [3.8, 4) is 11.1 Å². The van der Waals surface area contributed by atoms with Crippen molar-refractivity contribution in [3.05, 3.63) is 64.5 Å². The largest absolute Gasteiger partial charge is 0.392 e. The molecule has 0 saturated carbocycles. The lowest BCUT2D eigenvalue weighted by Crippen LogP contribution is -1.92. The van der Waals surface area contributed by atoms with Crippen LogP contribution in [0, 0.1) is 10.1 Å². The third kappa shape index (κ3) is 3.02. The van der Waals surface area contributed by atoms with Crippen LogP contribution in [-0.4, -0.2) is 21.6 Å². The zero-order chi connectivity index (χ0) is 13.7. The van der Waals surface area contributed by atoms with E-state index in [0.717, 1.165) is 11.1 Å². The molecule has 2 aromatic rings. The SMILES string of the molecule is O=[N+]([O-])c1ccncc1-c1ccc(/C=C/CO)cc1. The van der Waals surface area contributed by atoms with Crippen LogP contribution in [0.15, 0.2) is 48.8 Å². The summed E-state index contributed by atoms with van der Waals surface area (Å²) in [6, 6.07) is 8.63. The van der Waals surface area contributed by atoms with Crippen molar-refractivity contribution in [2.75, 3.05) is 6.61 Å². The van der Waals surface area contributed by atoms with E-state index < -0.39 is 4.92 Å². The maximum atomic E-state index is 10.9. The van der Waals surface area contributed by atoms with Gasteiger partial charge in [-0.15, -0.1) is 0 Å². The Morgan fingerprint density at radius 2 is 2.00 bits per heavy atom. The number of rotatable bonds is 4. The van der Waals surface area contributed by atoms with Gasteiger partial charge in [-0.25, -0.2) is 0 Å². The molecule has 0 bridgehead atoms. The summed E-state index contributed by atoms with van der Waals surface area (Å²) in [6.45, 7) is -0.0180. The predicted octanol–water partition coefficient (Wildman–Crippen LogP) is 2.66. The van der Waals surface area contributed by atoms with Gasteiger partial charge >= 0.3 is 0 Å². The summed E-state index contributed by atoms with van der Waals surface area (Å²) >= 11 is 0. The van der Waals surface area contributed by atoms with Crippen LogP contribution >= 0.6 is 0 Å². The second-order valence-electron chi connectivity index (χ2n) is 3.86. The Labute approximate surface area is 110 Å². The van der Waals surface area contributed by atoms with Crippen LogP contribution < -0.4 is 0 Å². The van der Waals surface area contributed by atoms with E-state index in [1.54, 1.807) is 24.3 Å². The van der Waals surface area contributed by atoms with Crippen molar-refractivity contribution >= 4 is 11.8 Å². The summed E-state index contributed by atoms with van der Waals surface area (Å²) < 4.78 is 0. The fourth-order valence-corrected chi connectivity index (χ4v) is 1.73. The summed E-state index contributed by atoms with van der Waals surface area (Å²) in [5.74, 6) is 0. The number of hydrogen-bond donors (Lipinski definition) is 1. The molecule has 0 atom stereocenters. The van der Waals surface area contributed by atoms with Gasteiger partial charge in [-0.1, -0.05) is 36.4 Å². The van der Waals surface area contributed by atoms with Crippen molar-refractivity contribution in [3.63, 3.8) is 0 Å². The Balaban J connectivity index is 2.37. The predicted molar refractivity (Wildman–Crippen MR) is 72.4 cm³/mol. The topological polar surface area (TPSA) is 76.3 Å². The van der Waals surface area contributed by atoms with Gasteiger partial charge in [0.15, 0.2) is 0 Å². The number of hydrogen-bond acceptors (Lipinski definition) is 4. The quantitative estimate of drug-likeness (QED) is 0.674. The van der Waals surface area contributed by atoms with E-state index in [9.17, 15) is 10.1 Å². The average Bonchev–Trinajstić information content (AvgIpc) is 2.45. The first-order valence-corrected chi connectivity index (χ1v) is 5.68. The number of pyridine rings is 1. The molecule has 96 valence electrons. The highest BCUT2D eigenvalue weighted by molar-refractivity contribution is 5.73. The van der Waals surface area contributed by atoms with Gasteiger partial charge in [0.1, 0.15) is 0 Å². The second kappa shape index (κ2) is 5.88. The third-order valence-electron chi connectivity index (χ3n) is 2.63. The van der Waals surface area contributed by atoms with Crippen molar-refractivity contribution in [2.24, 2.45) is 0 Å². The molecule has 0 aliphatic heterocycles. The van der Waals surface area contributed by atoms with Crippen LogP contribution in [-0.2, 0) is 0 Å². The molecule has 0 unspecified atom stereocenters. The Bertz CT molecular complexity index is 606. The van der Waals surface area contributed by atoms with Gasteiger partial charge in [0.25, 0.3) is 5.69 Å². The zero-order valence-corrected chi connectivity index (χ0v) is 10.1. The van der Waals surface area contributed by atoms with Gasteiger partial charge in [0.2, 0.25) is 0 Å². The molecule has 0 aliphatic rings. The molecule has 0 saturated heterocycles. The van der Waals surface area contributed by atoms with E-state index in [1.807, 2.05) is 12.1 Å². The molecule has 1 aromatic heterocycles. The second-order valence-corrected chi connectivity index (χ2v) is 3.86. The Hall–Kier alpha value is -2.53. The van der Waals surface area contributed by atoms with Crippen molar-refractivity contribution < 1.29 is 10.0 Å². The van der Waals surface area contributed by atoms with Gasteiger partial charge in [-0.3, -0.25) is 15.1 Å². The normalized spacial score (nSPS) is 10.8. The smallest absolute Gasteiger partial charge is 0.280 e. The van der Waals surface area contributed by atoms with Gasteiger partial charge in [-0.05, 0) is 11.1 Å². The fourth-order valence-electron chi connectivity index (χ4n) is 1.73. The van der Waals surface area contributed by atoms with Crippen LogP contribution in [0.3, 0.4) is 0 Å². The van der Waals surface area contributed by atoms with Gasteiger partial charge in [0, 0.05) is 18.5 Å². The highest BCUT2D eigenvalue weighted by atomic mass is 16.6. The number of nitro groups is 1. The van der Waals surface area contributed by atoms with Crippen LogP contribution in [0.1, 0.15) is 5.56 Å². The first-order valence-electron chi connectivity index (χ1n) is 5.68. The summed E-state index contributed by atoms with van der Waals surface area (Å²) in [6.07, 6.45) is 6.29. The van der Waals surface area contributed by atoms with Crippen molar-refractivity contribution in [2.45, 2.75) is 0 Å². The zero-order valence-electron chi connectivity index (χ0n) is 10.1. The van der Waals surface area contributed by atoms with Crippen LogP contribution in [0.2, 0.25) is 0 Å². The molecule has 0 radical (unpaired) electrons. The monoisotopic (exact) mass is 256 g/mol. The highest BCUT2D eigenvalue weighted by Crippen LogP contribution is 2.28. The molecule has 1 aromatic carbocycles. The molecule has 1 N–H and O–H groups in total. The first kappa shape index (κ1) is 12.9. The van der Waals surface area contributed by atoms with Crippen molar-refractivity contribution in [1.82, 2.24) is 4.98 Å². The number of aliphatic hydroxyl groups excluding tert-OH is 1. The lowest BCUT2D eigenvalue weighted by atomic mass is 10.0. The lowest BCUT2D eigenvalue weighted by molar-refractivity contribution is -0.384. The van der Waals surface area contributed by atoms with Crippen molar-refractivity contribution in [1.29, 1.82) is 0 Å². The Kier molecular flexibility index (Phi) is 4.00. The molecule has 19 heavy (non-hydrogen) atoms. The van der Waals surface area contributed by atoms with E-state index in [-0.39, 0.29) is 12.3 Å². The van der Waals surface area contributed by atoms with Crippen LogP contribution in [0.25, 0.3) is 17.2 Å². The molecule has 0 fully saturated rings. The third-order valence-corrected chi connectivity index (χ3v) is 2.63. The van der Waals surface area contributed by atoms with E-state index in [2.05, 4.69) is 4.98 Å². The minimum Gasteiger partial charge on any atom is -0.392 e. The maximum Gasteiger partial charge on any atom is 0.280 e. The number of benzene rings is 1. The number of aromatic nitrogens is 1. The Morgan fingerprint density at radius 3 is 2.63 bits per heavy atom. The molecular formula is C14H12N2O3. The van der Waals surface area contributed by atoms with E-state index in [0.29, 0.717) is 5.56 Å². The number of nitrogens with zero attached hydrogens (tertiary/aromatic N) is 2. The molecule has 0 amide bonds. The lowest BCUT2D eigenvalue weighted by Gasteiger charge is -2.03. The molecule has 5 nitrogen and oxygen atoms in total. The first-order chi connectivity index (χ1) is 9.22. The van der Waals surface area contributed by atoms with Crippen LogP contribution in [0.5, 0.6) is 0 Å². The fraction of sp³-hybridized carbons (Fsp3) is 0.0714.